The van der Waals surface area contributed by atoms with E-state index in [1.165, 1.54) is 0 Å². The second-order valence-electron chi connectivity index (χ2n) is 4.00. The topological polar surface area (TPSA) is 41.9 Å². The minimum absolute atomic E-state index is 0.458. The molecule has 0 aromatic carbocycles. The second kappa shape index (κ2) is 7.25. The Balaban J connectivity index is 2.22. The van der Waals surface area contributed by atoms with Crippen LogP contribution in [-0.4, -0.2) is 36.5 Å². The molecular formula is C12H21N2O2. The first kappa shape index (κ1) is 13.0. The average Bonchev–Trinajstić information content (AvgIpc) is 2.77. The zero-order chi connectivity index (χ0) is 11.8. The summed E-state index contributed by atoms with van der Waals surface area (Å²) in [4.78, 5) is 17.3. The number of amides is 1. The van der Waals surface area contributed by atoms with Crippen molar-refractivity contribution in [2.75, 3.05) is 19.7 Å². The standard InChI is InChI=1S/C12H21N2O2/c1-3-4-7-10-16-12(15)13-11(2)14-8-5-6-9-14/h5H,3-4,6-10H2,1-2H3/b13-11+. The summed E-state index contributed by atoms with van der Waals surface area (Å²) in [5.41, 5.74) is 0. The van der Waals surface area contributed by atoms with E-state index in [9.17, 15) is 4.79 Å². The predicted octanol–water partition coefficient (Wildman–Crippen LogP) is 2.64. The molecule has 1 aliphatic rings. The van der Waals surface area contributed by atoms with Crippen LogP contribution in [-0.2, 0) is 4.74 Å². The van der Waals surface area contributed by atoms with Gasteiger partial charge >= 0.3 is 6.09 Å². The molecule has 16 heavy (non-hydrogen) atoms. The van der Waals surface area contributed by atoms with Gasteiger partial charge in [-0.25, -0.2) is 4.79 Å². The Morgan fingerprint density at radius 2 is 2.31 bits per heavy atom. The molecule has 0 saturated carbocycles. The molecule has 0 bridgehead atoms. The van der Waals surface area contributed by atoms with Crippen molar-refractivity contribution in [3.63, 3.8) is 0 Å². The van der Waals surface area contributed by atoms with E-state index in [0.29, 0.717) is 6.61 Å². The van der Waals surface area contributed by atoms with Crippen LogP contribution in [0.2, 0.25) is 0 Å². The van der Waals surface area contributed by atoms with Crippen molar-refractivity contribution in [1.82, 2.24) is 4.90 Å². The molecule has 1 fully saturated rings. The number of aliphatic imine (C=N–C) groups is 1. The van der Waals surface area contributed by atoms with Gasteiger partial charge in [0, 0.05) is 13.1 Å². The average molecular weight is 225 g/mol. The maximum atomic E-state index is 11.3. The maximum absolute atomic E-state index is 11.3. The van der Waals surface area contributed by atoms with E-state index in [0.717, 1.165) is 44.6 Å². The van der Waals surface area contributed by atoms with E-state index in [-0.39, 0.29) is 0 Å². The molecular weight excluding hydrogens is 204 g/mol. The molecule has 0 unspecified atom stereocenters. The molecule has 4 nitrogen and oxygen atoms in total. The van der Waals surface area contributed by atoms with E-state index >= 15 is 0 Å². The summed E-state index contributed by atoms with van der Waals surface area (Å²) in [6.45, 7) is 6.30. The lowest BCUT2D eigenvalue weighted by Gasteiger charge is -2.15. The van der Waals surface area contributed by atoms with Crippen molar-refractivity contribution in [1.29, 1.82) is 0 Å². The molecule has 1 aliphatic heterocycles. The third-order valence-corrected chi connectivity index (χ3v) is 2.64. The fourth-order valence-electron chi connectivity index (χ4n) is 1.63. The zero-order valence-electron chi connectivity index (χ0n) is 10.2. The second-order valence-corrected chi connectivity index (χ2v) is 4.00. The zero-order valence-corrected chi connectivity index (χ0v) is 10.2. The molecule has 4 heteroatoms. The number of carbonyl (C=O) groups excluding carboxylic acids is 1. The molecule has 1 heterocycles. The number of unbranched alkanes of at least 4 members (excludes halogenated alkanes) is 2. The van der Waals surface area contributed by atoms with Crippen LogP contribution < -0.4 is 0 Å². The molecule has 1 rings (SSSR count). The quantitative estimate of drug-likeness (QED) is 0.419. The van der Waals surface area contributed by atoms with Crippen molar-refractivity contribution >= 4 is 11.9 Å². The lowest BCUT2D eigenvalue weighted by Crippen LogP contribution is -2.26. The first-order valence-corrected chi connectivity index (χ1v) is 6.02. The van der Waals surface area contributed by atoms with Crippen LogP contribution in [0.3, 0.4) is 0 Å². The summed E-state index contributed by atoms with van der Waals surface area (Å²) >= 11 is 0. The van der Waals surface area contributed by atoms with Gasteiger partial charge in [0.15, 0.2) is 0 Å². The van der Waals surface area contributed by atoms with Crippen LogP contribution >= 0.6 is 0 Å². The molecule has 1 amide bonds. The van der Waals surface area contributed by atoms with Crippen LogP contribution in [0, 0.1) is 6.42 Å². The molecule has 0 aliphatic carbocycles. The van der Waals surface area contributed by atoms with E-state index in [2.05, 4.69) is 23.2 Å². The minimum atomic E-state index is -0.458. The van der Waals surface area contributed by atoms with Crippen LogP contribution in [0.15, 0.2) is 4.99 Å². The van der Waals surface area contributed by atoms with E-state index in [4.69, 9.17) is 4.74 Å². The third-order valence-electron chi connectivity index (χ3n) is 2.64. The predicted molar refractivity (Wildman–Crippen MR) is 64.5 cm³/mol. The smallest absolute Gasteiger partial charge is 0.435 e. The van der Waals surface area contributed by atoms with Gasteiger partial charge < -0.3 is 9.64 Å². The number of carbonyl (C=O) groups is 1. The molecule has 91 valence electrons. The lowest BCUT2D eigenvalue weighted by molar-refractivity contribution is 0.154. The Hall–Kier alpha value is -1.06. The summed E-state index contributed by atoms with van der Waals surface area (Å²) in [6.07, 6.45) is 5.94. The molecule has 0 aromatic rings. The fourth-order valence-corrected chi connectivity index (χ4v) is 1.63. The SMILES string of the molecule is CCCCCOC(=O)/N=C(\C)N1C[CH]CC1. The summed E-state index contributed by atoms with van der Waals surface area (Å²) < 4.78 is 5.01. The third kappa shape index (κ3) is 4.64. The van der Waals surface area contributed by atoms with Crippen LogP contribution in [0.5, 0.6) is 0 Å². The largest absolute Gasteiger partial charge is 0.448 e. The number of nitrogens with zero attached hydrogens (tertiary/aromatic N) is 2. The van der Waals surface area contributed by atoms with Gasteiger partial charge in [-0.3, -0.25) is 0 Å². The maximum Gasteiger partial charge on any atom is 0.435 e. The summed E-state index contributed by atoms with van der Waals surface area (Å²) in [7, 11) is 0. The first-order chi connectivity index (χ1) is 7.74. The van der Waals surface area contributed by atoms with Crippen molar-refractivity contribution in [3.05, 3.63) is 6.42 Å². The van der Waals surface area contributed by atoms with Crippen molar-refractivity contribution in [2.45, 2.75) is 39.5 Å². The fraction of sp³-hybridized carbons (Fsp3) is 0.750. The molecule has 0 aromatic heterocycles. The van der Waals surface area contributed by atoms with E-state index < -0.39 is 6.09 Å². The van der Waals surface area contributed by atoms with Crippen LogP contribution in [0.4, 0.5) is 4.79 Å². The van der Waals surface area contributed by atoms with Crippen molar-refractivity contribution in [2.24, 2.45) is 4.99 Å². The van der Waals surface area contributed by atoms with Gasteiger partial charge in [-0.2, -0.15) is 4.99 Å². The molecule has 0 spiro atoms. The van der Waals surface area contributed by atoms with E-state index in [1.54, 1.807) is 0 Å². The number of hydrogen-bond acceptors (Lipinski definition) is 2. The Labute approximate surface area is 97.7 Å². The van der Waals surface area contributed by atoms with Crippen molar-refractivity contribution < 1.29 is 9.53 Å². The molecule has 1 radical (unpaired) electrons. The van der Waals surface area contributed by atoms with Gasteiger partial charge in [-0.05, 0) is 26.2 Å². The summed E-state index contributed by atoms with van der Waals surface area (Å²) in [5.74, 6) is 0.759. The monoisotopic (exact) mass is 225 g/mol. The Kier molecular flexibility index (Phi) is 5.90. The van der Waals surface area contributed by atoms with E-state index in [1.807, 2.05) is 6.92 Å². The van der Waals surface area contributed by atoms with Gasteiger partial charge in [0.05, 0.1) is 6.61 Å². The van der Waals surface area contributed by atoms with Crippen LogP contribution in [0.25, 0.3) is 0 Å². The highest BCUT2D eigenvalue weighted by atomic mass is 16.5. The van der Waals surface area contributed by atoms with Gasteiger partial charge in [0.1, 0.15) is 5.84 Å². The Morgan fingerprint density at radius 1 is 1.50 bits per heavy atom. The first-order valence-electron chi connectivity index (χ1n) is 6.02. The number of rotatable bonds is 4. The van der Waals surface area contributed by atoms with Gasteiger partial charge in [-0.1, -0.05) is 19.8 Å². The summed E-state index contributed by atoms with van der Waals surface area (Å²) in [6, 6.07) is 0. The number of hydrogen-bond donors (Lipinski definition) is 0. The highest BCUT2D eigenvalue weighted by Crippen LogP contribution is 2.07. The molecule has 0 atom stereocenters. The van der Waals surface area contributed by atoms with Crippen molar-refractivity contribution in [3.8, 4) is 0 Å². The lowest BCUT2D eigenvalue weighted by atomic mass is 10.3. The highest BCUT2D eigenvalue weighted by molar-refractivity contribution is 5.90. The number of likely N-dealkylation sites (tertiary alicyclic amines) is 1. The van der Waals surface area contributed by atoms with Gasteiger partial charge in [-0.15, -0.1) is 0 Å². The molecule has 1 saturated heterocycles. The Morgan fingerprint density at radius 3 is 2.94 bits per heavy atom. The minimum Gasteiger partial charge on any atom is -0.448 e. The number of ether oxygens (including phenoxy) is 1. The number of amidine groups is 1. The normalized spacial score (nSPS) is 16.6. The molecule has 0 N–H and O–H groups in total. The van der Waals surface area contributed by atoms with Gasteiger partial charge in [0.2, 0.25) is 0 Å². The highest BCUT2D eigenvalue weighted by Gasteiger charge is 2.14. The summed E-state index contributed by atoms with van der Waals surface area (Å²) in [5, 5.41) is 0. The van der Waals surface area contributed by atoms with Crippen LogP contribution in [0.1, 0.15) is 39.5 Å². The van der Waals surface area contributed by atoms with Gasteiger partial charge in [0.25, 0.3) is 0 Å². The Bertz CT molecular complexity index is 245.